The minimum absolute atomic E-state index is 0.404. The molecule has 1 saturated carbocycles. The lowest BCUT2D eigenvalue weighted by atomic mass is 10.2. The van der Waals surface area contributed by atoms with E-state index in [-0.39, 0.29) is 0 Å². The summed E-state index contributed by atoms with van der Waals surface area (Å²) in [5.41, 5.74) is 0. The molecule has 0 bridgehead atoms. The maximum atomic E-state index is 5.30. The van der Waals surface area contributed by atoms with Crippen molar-refractivity contribution >= 4 is 12.2 Å². The molecule has 1 heterocycles. The van der Waals surface area contributed by atoms with E-state index in [0.29, 0.717) is 12.0 Å². The number of nitrogens with zero attached hydrogens (tertiary/aromatic N) is 3. The van der Waals surface area contributed by atoms with Crippen molar-refractivity contribution in [2.45, 2.75) is 58.2 Å². The van der Waals surface area contributed by atoms with Crippen molar-refractivity contribution in [3.05, 3.63) is 10.6 Å². The van der Waals surface area contributed by atoms with Crippen molar-refractivity contribution < 1.29 is 0 Å². The van der Waals surface area contributed by atoms with Gasteiger partial charge >= 0.3 is 0 Å². The molecule has 0 aromatic carbocycles. The highest BCUT2D eigenvalue weighted by Gasteiger charge is 2.29. The van der Waals surface area contributed by atoms with Gasteiger partial charge in [-0.1, -0.05) is 13.8 Å². The first-order chi connectivity index (χ1) is 8.00. The number of likely N-dealkylation sites (N-methyl/N-ethyl adjacent to an activating group) is 1. The molecular weight excluding hydrogens is 232 g/mol. The van der Waals surface area contributed by atoms with Gasteiger partial charge in [-0.3, -0.25) is 10.00 Å². The highest BCUT2D eigenvalue weighted by atomic mass is 32.1. The van der Waals surface area contributed by atoms with Crippen LogP contribution in [0.4, 0.5) is 0 Å². The molecule has 96 valence electrons. The van der Waals surface area contributed by atoms with Gasteiger partial charge in [0, 0.05) is 24.5 Å². The van der Waals surface area contributed by atoms with Crippen LogP contribution in [0.2, 0.25) is 0 Å². The van der Waals surface area contributed by atoms with Gasteiger partial charge in [0.25, 0.3) is 0 Å². The van der Waals surface area contributed by atoms with E-state index in [4.69, 9.17) is 12.2 Å². The number of aromatic amines is 1. The number of hydrogen-bond donors (Lipinski definition) is 1. The van der Waals surface area contributed by atoms with E-state index in [9.17, 15) is 0 Å². The maximum absolute atomic E-state index is 5.30. The monoisotopic (exact) mass is 254 g/mol. The summed E-state index contributed by atoms with van der Waals surface area (Å²) in [7, 11) is 2.21. The second kappa shape index (κ2) is 4.90. The van der Waals surface area contributed by atoms with E-state index < -0.39 is 0 Å². The summed E-state index contributed by atoms with van der Waals surface area (Å²) in [6.07, 6.45) is 2.68. The van der Waals surface area contributed by atoms with Crippen LogP contribution in [0.5, 0.6) is 0 Å². The van der Waals surface area contributed by atoms with Crippen LogP contribution >= 0.6 is 12.2 Å². The lowest BCUT2D eigenvalue weighted by Crippen LogP contribution is -2.35. The lowest BCUT2D eigenvalue weighted by Gasteiger charge is -2.25. The van der Waals surface area contributed by atoms with Gasteiger partial charge in [-0.05, 0) is 39.0 Å². The van der Waals surface area contributed by atoms with Gasteiger partial charge in [0.15, 0.2) is 4.77 Å². The fourth-order valence-corrected chi connectivity index (χ4v) is 2.40. The molecule has 1 fully saturated rings. The first-order valence-electron chi connectivity index (χ1n) is 6.37. The molecule has 0 aliphatic heterocycles. The van der Waals surface area contributed by atoms with E-state index >= 15 is 0 Å². The fraction of sp³-hybridized carbons (Fsp3) is 0.833. The third kappa shape index (κ3) is 2.77. The van der Waals surface area contributed by atoms with Crippen LogP contribution in [0.3, 0.4) is 0 Å². The molecule has 0 radical (unpaired) electrons. The normalized spacial score (nSPS) is 18.0. The quantitative estimate of drug-likeness (QED) is 0.820. The van der Waals surface area contributed by atoms with E-state index in [1.165, 1.54) is 12.8 Å². The minimum Gasteiger partial charge on any atom is -0.302 e. The molecule has 0 spiro atoms. The lowest BCUT2D eigenvalue weighted by molar-refractivity contribution is 0.223. The first-order valence-corrected chi connectivity index (χ1v) is 6.78. The molecule has 1 aromatic rings. The van der Waals surface area contributed by atoms with Gasteiger partial charge in [0.05, 0.1) is 0 Å². The van der Waals surface area contributed by atoms with Crippen LogP contribution in [0.25, 0.3) is 0 Å². The van der Waals surface area contributed by atoms with Crippen LogP contribution in [-0.4, -0.2) is 38.8 Å². The molecule has 5 heteroatoms. The van der Waals surface area contributed by atoms with E-state index in [1.807, 2.05) is 0 Å². The van der Waals surface area contributed by atoms with Gasteiger partial charge in [-0.15, -0.1) is 0 Å². The summed E-state index contributed by atoms with van der Waals surface area (Å²) >= 11 is 5.30. The average molecular weight is 254 g/mol. The average Bonchev–Trinajstić information content (AvgIpc) is 3.04. The van der Waals surface area contributed by atoms with E-state index in [0.717, 1.165) is 23.2 Å². The first kappa shape index (κ1) is 12.8. The Labute approximate surface area is 108 Å². The molecule has 17 heavy (non-hydrogen) atoms. The van der Waals surface area contributed by atoms with Gasteiger partial charge in [-0.2, -0.15) is 5.10 Å². The summed E-state index contributed by atoms with van der Waals surface area (Å²) in [4.78, 5) is 2.46. The predicted molar refractivity (Wildman–Crippen MR) is 71.7 cm³/mol. The SMILES string of the molecule is CC(C)c1n[nH]c(=S)n1CC(C)N(C)C1CC1. The number of H-pyrrole nitrogens is 1. The zero-order chi connectivity index (χ0) is 12.6. The van der Waals surface area contributed by atoms with Gasteiger partial charge in [0.2, 0.25) is 0 Å². The molecule has 1 unspecified atom stereocenters. The molecule has 1 N–H and O–H groups in total. The third-order valence-electron chi connectivity index (χ3n) is 3.57. The number of aromatic nitrogens is 3. The van der Waals surface area contributed by atoms with Crippen molar-refractivity contribution in [2.75, 3.05) is 7.05 Å². The molecular formula is C12H22N4S. The highest BCUT2D eigenvalue weighted by Crippen LogP contribution is 2.27. The summed E-state index contributed by atoms with van der Waals surface area (Å²) in [5.74, 6) is 1.47. The van der Waals surface area contributed by atoms with E-state index in [1.54, 1.807) is 0 Å². The summed E-state index contributed by atoms with van der Waals surface area (Å²) in [5, 5.41) is 7.22. The smallest absolute Gasteiger partial charge is 0.195 e. The standard InChI is InChI=1S/C12H22N4S/c1-8(2)11-13-14-12(17)16(11)7-9(3)15(4)10-5-6-10/h8-10H,5-7H2,1-4H3,(H,14,17). The zero-order valence-electron chi connectivity index (χ0n) is 11.1. The Morgan fingerprint density at radius 3 is 2.65 bits per heavy atom. The summed E-state index contributed by atoms with van der Waals surface area (Å²) in [6.45, 7) is 7.49. The summed E-state index contributed by atoms with van der Waals surface area (Å²) in [6, 6.07) is 1.29. The number of rotatable bonds is 5. The Morgan fingerprint density at radius 2 is 2.12 bits per heavy atom. The van der Waals surface area contributed by atoms with Crippen LogP contribution in [0.1, 0.15) is 45.4 Å². The number of nitrogens with one attached hydrogen (secondary N) is 1. The second-order valence-electron chi connectivity index (χ2n) is 5.40. The molecule has 1 aliphatic rings. The zero-order valence-corrected chi connectivity index (χ0v) is 11.9. The predicted octanol–water partition coefficient (Wildman–Crippen LogP) is 2.55. The molecule has 1 atom stereocenters. The Morgan fingerprint density at radius 1 is 1.47 bits per heavy atom. The van der Waals surface area contributed by atoms with Gasteiger partial charge in [-0.25, -0.2) is 0 Å². The molecule has 1 aliphatic carbocycles. The van der Waals surface area contributed by atoms with Crippen LogP contribution in [0.15, 0.2) is 0 Å². The van der Waals surface area contributed by atoms with E-state index in [2.05, 4.69) is 47.5 Å². The van der Waals surface area contributed by atoms with Crippen molar-refractivity contribution in [3.8, 4) is 0 Å². The van der Waals surface area contributed by atoms with Crippen LogP contribution < -0.4 is 0 Å². The molecule has 2 rings (SSSR count). The molecule has 1 aromatic heterocycles. The Kier molecular flexibility index (Phi) is 3.68. The largest absolute Gasteiger partial charge is 0.302 e. The number of hydrogen-bond acceptors (Lipinski definition) is 3. The molecule has 0 saturated heterocycles. The van der Waals surface area contributed by atoms with Crippen LogP contribution in [0, 0.1) is 4.77 Å². The van der Waals surface area contributed by atoms with Gasteiger partial charge < -0.3 is 4.57 Å². The van der Waals surface area contributed by atoms with Crippen LogP contribution in [-0.2, 0) is 6.54 Å². The highest BCUT2D eigenvalue weighted by molar-refractivity contribution is 7.71. The summed E-state index contributed by atoms with van der Waals surface area (Å²) < 4.78 is 2.88. The molecule has 4 nitrogen and oxygen atoms in total. The Balaban J connectivity index is 2.11. The van der Waals surface area contributed by atoms with Gasteiger partial charge in [0.1, 0.15) is 5.82 Å². The van der Waals surface area contributed by atoms with Crippen molar-refractivity contribution in [3.63, 3.8) is 0 Å². The third-order valence-corrected chi connectivity index (χ3v) is 3.88. The molecule has 0 amide bonds. The topological polar surface area (TPSA) is 36.9 Å². The Hall–Kier alpha value is -0.680. The fourth-order valence-electron chi connectivity index (χ4n) is 2.18. The van der Waals surface area contributed by atoms with Crippen molar-refractivity contribution in [1.29, 1.82) is 0 Å². The minimum atomic E-state index is 0.404. The van der Waals surface area contributed by atoms with Crippen molar-refractivity contribution in [1.82, 2.24) is 19.7 Å². The second-order valence-corrected chi connectivity index (χ2v) is 5.78. The van der Waals surface area contributed by atoms with Crippen molar-refractivity contribution in [2.24, 2.45) is 0 Å². The maximum Gasteiger partial charge on any atom is 0.195 e. The Bertz CT molecular complexity index is 430.